The van der Waals surface area contributed by atoms with Crippen molar-refractivity contribution in [3.05, 3.63) is 115 Å². The molecule has 0 fully saturated rings. The number of carbonyl (C=O) groups is 1. The van der Waals surface area contributed by atoms with E-state index >= 15 is 0 Å². The quantitative estimate of drug-likeness (QED) is 0.216. The van der Waals surface area contributed by atoms with Crippen molar-refractivity contribution >= 4 is 33.7 Å². The molecule has 0 saturated carbocycles. The van der Waals surface area contributed by atoms with Crippen LogP contribution >= 0.6 is 0 Å². The summed E-state index contributed by atoms with van der Waals surface area (Å²) in [6, 6.07) is 34.8. The van der Waals surface area contributed by atoms with Gasteiger partial charge in [-0.2, -0.15) is 0 Å². The van der Waals surface area contributed by atoms with E-state index in [0.717, 1.165) is 49.9 Å². The molecule has 0 aliphatic rings. The smallest absolute Gasteiger partial charge is 0.307 e. The minimum Gasteiger partial charge on any atom is -0.469 e. The summed E-state index contributed by atoms with van der Waals surface area (Å²) >= 11 is 0. The van der Waals surface area contributed by atoms with E-state index in [1.165, 1.54) is 7.11 Å². The molecule has 2 aromatic heterocycles. The lowest BCUT2D eigenvalue weighted by molar-refractivity contribution is -0.140. The first kappa shape index (κ1) is 24.4. The van der Waals surface area contributed by atoms with Crippen molar-refractivity contribution in [2.24, 2.45) is 0 Å². The summed E-state index contributed by atoms with van der Waals surface area (Å²) in [5.74, 6) is 1.11. The summed E-state index contributed by atoms with van der Waals surface area (Å²) in [5, 5.41) is 5.48. The molecule has 39 heavy (non-hydrogen) atoms. The van der Waals surface area contributed by atoms with Gasteiger partial charge in [0.05, 0.1) is 19.2 Å². The zero-order valence-electron chi connectivity index (χ0n) is 21.6. The van der Waals surface area contributed by atoms with Crippen molar-refractivity contribution < 1.29 is 13.9 Å². The minimum atomic E-state index is -0.267. The third-order valence-corrected chi connectivity index (χ3v) is 6.74. The molecule has 6 aromatic rings. The number of esters is 1. The molecule has 6 rings (SSSR count). The second-order valence-corrected chi connectivity index (χ2v) is 9.33. The highest BCUT2D eigenvalue weighted by atomic mass is 16.5. The first-order chi connectivity index (χ1) is 19.2. The first-order valence-corrected chi connectivity index (χ1v) is 12.9. The summed E-state index contributed by atoms with van der Waals surface area (Å²) < 4.78 is 11.0. The number of hydrogen-bond acceptors (Lipinski definition) is 6. The SMILES string of the molecule is COC(=O)CCNc1cc(-c2ccc(-c3cccc4c3oc3ccccc34)cc2)nc(Cc2ccccc2)n1. The van der Waals surface area contributed by atoms with E-state index in [2.05, 4.69) is 66.0 Å². The average Bonchev–Trinajstić information content (AvgIpc) is 3.36. The predicted octanol–water partition coefficient (Wildman–Crippen LogP) is 7.28. The van der Waals surface area contributed by atoms with Crippen LogP contribution in [-0.4, -0.2) is 29.6 Å². The molecule has 0 aliphatic carbocycles. The Morgan fingerprint density at radius 3 is 2.38 bits per heavy atom. The van der Waals surface area contributed by atoms with Gasteiger partial charge in [-0.3, -0.25) is 4.79 Å². The zero-order valence-corrected chi connectivity index (χ0v) is 21.6. The molecule has 6 nitrogen and oxygen atoms in total. The van der Waals surface area contributed by atoms with E-state index in [9.17, 15) is 4.79 Å². The Bertz CT molecular complexity index is 1760. The van der Waals surface area contributed by atoms with Crippen LogP contribution in [0.1, 0.15) is 17.8 Å². The molecule has 0 aliphatic heterocycles. The van der Waals surface area contributed by atoms with Gasteiger partial charge in [0, 0.05) is 40.9 Å². The van der Waals surface area contributed by atoms with Crippen LogP contribution in [0, 0.1) is 0 Å². The van der Waals surface area contributed by atoms with Gasteiger partial charge in [-0.05, 0) is 17.2 Å². The largest absolute Gasteiger partial charge is 0.469 e. The van der Waals surface area contributed by atoms with Gasteiger partial charge in [0.2, 0.25) is 0 Å². The molecule has 0 atom stereocenters. The Labute approximate surface area is 226 Å². The lowest BCUT2D eigenvalue weighted by Crippen LogP contribution is -2.12. The molecular weight excluding hydrogens is 486 g/mol. The average molecular weight is 514 g/mol. The van der Waals surface area contributed by atoms with Crippen molar-refractivity contribution in [3.63, 3.8) is 0 Å². The second-order valence-electron chi connectivity index (χ2n) is 9.33. The topological polar surface area (TPSA) is 77.2 Å². The molecule has 1 N–H and O–H groups in total. The molecule has 0 bridgehead atoms. The number of rotatable bonds is 8. The molecule has 0 amide bonds. The standard InChI is InChI=1S/C33H27N3O3/c1-38-32(37)18-19-34-30-21-28(35-31(36-30)20-22-8-3-2-4-9-22)24-16-14-23(15-17-24)25-11-7-12-27-26-10-5-6-13-29(26)39-33(25)27/h2-17,21H,18-20H2,1H3,(H,34,35,36). The van der Waals surface area contributed by atoms with E-state index in [1.807, 2.05) is 42.5 Å². The van der Waals surface area contributed by atoms with Gasteiger partial charge in [0.25, 0.3) is 0 Å². The highest BCUT2D eigenvalue weighted by Crippen LogP contribution is 2.36. The fraction of sp³-hybridized carbons (Fsp3) is 0.121. The molecule has 0 spiro atoms. The second kappa shape index (κ2) is 10.8. The van der Waals surface area contributed by atoms with Crippen LogP contribution in [0.3, 0.4) is 0 Å². The van der Waals surface area contributed by atoms with Crippen molar-refractivity contribution in [2.45, 2.75) is 12.8 Å². The van der Waals surface area contributed by atoms with Crippen molar-refractivity contribution in [1.29, 1.82) is 0 Å². The van der Waals surface area contributed by atoms with E-state index < -0.39 is 0 Å². The minimum absolute atomic E-state index is 0.256. The number of carbonyl (C=O) groups excluding carboxylic acids is 1. The molecule has 192 valence electrons. The van der Waals surface area contributed by atoms with Gasteiger partial charge in [-0.1, -0.05) is 91.0 Å². The molecule has 0 unspecified atom stereocenters. The first-order valence-electron chi connectivity index (χ1n) is 12.9. The number of para-hydroxylation sites is 2. The van der Waals surface area contributed by atoms with Gasteiger partial charge >= 0.3 is 5.97 Å². The van der Waals surface area contributed by atoms with Gasteiger partial charge in [-0.25, -0.2) is 9.97 Å². The Morgan fingerprint density at radius 1 is 0.821 bits per heavy atom. The Balaban J connectivity index is 1.33. The summed E-state index contributed by atoms with van der Waals surface area (Å²) in [4.78, 5) is 21.2. The predicted molar refractivity (Wildman–Crippen MR) is 155 cm³/mol. The van der Waals surface area contributed by atoms with Crippen molar-refractivity contribution in [1.82, 2.24) is 9.97 Å². The Kier molecular flexibility index (Phi) is 6.75. The van der Waals surface area contributed by atoms with E-state index in [-0.39, 0.29) is 12.4 Å². The maximum Gasteiger partial charge on any atom is 0.307 e. The highest BCUT2D eigenvalue weighted by Gasteiger charge is 2.13. The number of aromatic nitrogens is 2. The van der Waals surface area contributed by atoms with Crippen LogP contribution in [0.2, 0.25) is 0 Å². The van der Waals surface area contributed by atoms with Gasteiger partial charge in [-0.15, -0.1) is 0 Å². The number of anilines is 1. The van der Waals surface area contributed by atoms with Crippen LogP contribution in [0.4, 0.5) is 5.82 Å². The number of furan rings is 1. The number of benzene rings is 4. The summed E-state index contributed by atoms with van der Waals surface area (Å²) in [5.41, 5.74) is 6.80. The third kappa shape index (κ3) is 5.22. The Morgan fingerprint density at radius 2 is 1.56 bits per heavy atom. The lowest BCUT2D eigenvalue weighted by atomic mass is 10.0. The molecule has 6 heteroatoms. The molecular formula is C33H27N3O3. The van der Waals surface area contributed by atoms with Crippen LogP contribution in [0.5, 0.6) is 0 Å². The molecule has 0 saturated heterocycles. The van der Waals surface area contributed by atoms with Crippen LogP contribution in [0.15, 0.2) is 108 Å². The van der Waals surface area contributed by atoms with Crippen LogP contribution < -0.4 is 5.32 Å². The summed E-state index contributed by atoms with van der Waals surface area (Å²) in [6.45, 7) is 0.425. The number of hydrogen-bond donors (Lipinski definition) is 1. The van der Waals surface area contributed by atoms with Crippen molar-refractivity contribution in [3.8, 4) is 22.4 Å². The lowest BCUT2D eigenvalue weighted by Gasteiger charge is -2.11. The van der Waals surface area contributed by atoms with E-state index in [1.54, 1.807) is 0 Å². The van der Waals surface area contributed by atoms with Gasteiger partial charge < -0.3 is 14.5 Å². The maximum atomic E-state index is 11.6. The number of nitrogens with one attached hydrogen (secondary N) is 1. The molecule has 4 aromatic carbocycles. The highest BCUT2D eigenvalue weighted by molar-refractivity contribution is 6.09. The number of fused-ring (bicyclic) bond motifs is 3. The fourth-order valence-corrected chi connectivity index (χ4v) is 4.78. The van der Waals surface area contributed by atoms with Crippen molar-refractivity contribution in [2.75, 3.05) is 19.0 Å². The maximum absolute atomic E-state index is 11.6. The normalized spacial score (nSPS) is 11.1. The number of methoxy groups -OCH3 is 1. The summed E-state index contributed by atoms with van der Waals surface area (Å²) in [6.07, 6.45) is 0.860. The Hall–Kier alpha value is -4.97. The number of nitrogens with zero attached hydrogens (tertiary/aromatic N) is 2. The van der Waals surface area contributed by atoms with Crippen LogP contribution in [0.25, 0.3) is 44.3 Å². The van der Waals surface area contributed by atoms with Gasteiger partial charge in [0.15, 0.2) is 0 Å². The fourth-order valence-electron chi connectivity index (χ4n) is 4.78. The molecule has 2 heterocycles. The van der Waals surface area contributed by atoms with E-state index in [0.29, 0.717) is 24.6 Å². The third-order valence-electron chi connectivity index (χ3n) is 6.74. The molecule has 0 radical (unpaired) electrons. The number of ether oxygens (including phenoxy) is 1. The monoisotopic (exact) mass is 513 g/mol. The van der Waals surface area contributed by atoms with Crippen LogP contribution in [-0.2, 0) is 16.0 Å². The zero-order chi connectivity index (χ0) is 26.6. The van der Waals surface area contributed by atoms with Gasteiger partial charge in [0.1, 0.15) is 22.8 Å². The summed E-state index contributed by atoms with van der Waals surface area (Å²) in [7, 11) is 1.39. The van der Waals surface area contributed by atoms with E-state index in [4.69, 9.17) is 19.1 Å².